The minimum atomic E-state index is -0.877. The van der Waals surface area contributed by atoms with Crippen LogP contribution in [0.2, 0.25) is 0 Å². The summed E-state index contributed by atoms with van der Waals surface area (Å²) in [5.41, 5.74) is 0. The summed E-state index contributed by atoms with van der Waals surface area (Å²) in [7, 11) is -1.75. The zero-order chi connectivity index (χ0) is 28.5. The molecule has 0 saturated heterocycles. The fourth-order valence-electron chi connectivity index (χ4n) is 4.63. The number of hydrogen-bond acceptors (Lipinski definition) is 0. The second kappa shape index (κ2) is 18.6. The molecule has 0 nitrogen and oxygen atoms in total. The Hall–Kier alpha value is -1.94. The van der Waals surface area contributed by atoms with Gasteiger partial charge in [0, 0.05) is 0 Å². The predicted molar refractivity (Wildman–Crippen MR) is 191 cm³/mol. The molecule has 0 bridgehead atoms. The van der Waals surface area contributed by atoms with Crippen LogP contribution in [0.3, 0.4) is 0 Å². The van der Waals surface area contributed by atoms with Crippen LogP contribution in [-0.4, -0.2) is 0 Å². The predicted octanol–water partition coefficient (Wildman–Crippen LogP) is 8.04. The average Bonchev–Trinajstić information content (AvgIpc) is 3.05. The third-order valence-electron chi connectivity index (χ3n) is 6.37. The van der Waals surface area contributed by atoms with Gasteiger partial charge < -0.3 is 0 Å². The minimum absolute atomic E-state index is 0.385. The van der Waals surface area contributed by atoms with E-state index in [-0.39, 0.29) is 19.4 Å². The van der Waals surface area contributed by atoms with E-state index >= 15 is 0 Å². The summed E-state index contributed by atoms with van der Waals surface area (Å²) in [6.45, 7) is 0. The molecule has 6 aromatic carbocycles. The van der Waals surface area contributed by atoms with Crippen molar-refractivity contribution in [2.45, 2.75) is 0 Å². The Balaban J connectivity index is 0.000000173. The molecule has 0 heterocycles. The maximum Gasteiger partial charge on any atom is 0.102 e. The Kier molecular flexibility index (Phi) is 14.5. The third kappa shape index (κ3) is 10.1. The Bertz CT molecular complexity index is 1200. The molecule has 200 valence electrons. The molecule has 0 aliphatic rings. The molecule has 0 aliphatic heterocycles. The Labute approximate surface area is 270 Å². The molecule has 0 unspecified atom stereocenters. The van der Waals surface area contributed by atoms with E-state index in [1.807, 2.05) is 0 Å². The van der Waals surface area contributed by atoms with Crippen LogP contribution in [0.4, 0.5) is 0 Å². The largest absolute Gasteiger partial charge is 0.102 e. The van der Waals surface area contributed by atoms with E-state index in [9.17, 15) is 0 Å². The van der Waals surface area contributed by atoms with Gasteiger partial charge in [-0.2, -0.15) is 0 Å². The quantitative estimate of drug-likeness (QED) is 0.118. The van der Waals surface area contributed by atoms with Crippen LogP contribution in [0.15, 0.2) is 182 Å². The first kappa shape index (κ1) is 32.0. The van der Waals surface area contributed by atoms with E-state index in [1.165, 1.54) is 31.8 Å². The van der Waals surface area contributed by atoms with E-state index in [4.69, 9.17) is 0 Å². The molecule has 41 heavy (non-hydrogen) atoms. The molecule has 5 heteroatoms. The van der Waals surface area contributed by atoms with E-state index in [0.717, 1.165) is 0 Å². The molecule has 0 aliphatic carbocycles. The van der Waals surface area contributed by atoms with Crippen molar-refractivity contribution in [3.63, 3.8) is 0 Å². The molecular formula is C36H32Br2CdP2+2. The Morgan fingerprint density at radius 1 is 0.268 bits per heavy atom. The van der Waals surface area contributed by atoms with Gasteiger partial charge in [-0.25, -0.2) is 0 Å². The van der Waals surface area contributed by atoms with Gasteiger partial charge in [0.15, 0.2) is 0 Å². The fourth-order valence-corrected chi connectivity index (χ4v) is 9.78. The van der Waals surface area contributed by atoms with Crippen molar-refractivity contribution >= 4 is 71.6 Å². The molecule has 0 spiro atoms. The van der Waals surface area contributed by atoms with Gasteiger partial charge in [-0.3, -0.25) is 0 Å². The molecule has 0 amide bonds. The molecule has 0 saturated carbocycles. The van der Waals surface area contributed by atoms with Gasteiger partial charge in [0.05, 0.1) is 15.8 Å². The molecule has 0 aromatic heterocycles. The Morgan fingerprint density at radius 2 is 0.390 bits per heavy atom. The zero-order valence-electron chi connectivity index (χ0n) is 22.8. The monoisotopic (exact) mass is 798 g/mol. The minimum Gasteiger partial charge on any atom is -0.0620 e. The van der Waals surface area contributed by atoms with Crippen molar-refractivity contribution in [3.8, 4) is 0 Å². The van der Waals surface area contributed by atoms with Crippen LogP contribution in [0.1, 0.15) is 0 Å². The first-order valence-electron chi connectivity index (χ1n) is 13.5. The van der Waals surface area contributed by atoms with E-state index in [2.05, 4.69) is 206 Å². The second-order valence-electron chi connectivity index (χ2n) is 9.05. The Morgan fingerprint density at radius 3 is 0.512 bits per heavy atom. The van der Waals surface area contributed by atoms with Crippen LogP contribution in [0, 0.1) is 0 Å². The summed E-state index contributed by atoms with van der Waals surface area (Å²) in [5.74, 6) is 0. The number of halogens is 2. The molecule has 0 atom stereocenters. The molecule has 0 fully saturated rings. The molecular weight excluding hydrogens is 767 g/mol. The summed E-state index contributed by atoms with van der Waals surface area (Å²) in [5, 5.41) is 8.61. The van der Waals surface area contributed by atoms with Gasteiger partial charge in [-0.05, 0) is 72.8 Å². The van der Waals surface area contributed by atoms with Crippen molar-refractivity contribution in [1.82, 2.24) is 0 Å². The fraction of sp³-hybridized carbons (Fsp3) is 0. The summed E-state index contributed by atoms with van der Waals surface area (Å²) >= 11 is 6.16. The van der Waals surface area contributed by atoms with Gasteiger partial charge in [0.2, 0.25) is 0 Å². The molecule has 6 rings (SSSR count). The summed E-state index contributed by atoms with van der Waals surface area (Å²) < 4.78 is 0. The third-order valence-corrected chi connectivity index (χ3v) is 11.8. The van der Waals surface area contributed by atoms with Crippen LogP contribution in [0.5, 0.6) is 0 Å². The second-order valence-corrected chi connectivity index (χ2v) is 32.2. The van der Waals surface area contributed by atoms with Crippen molar-refractivity contribution in [2.75, 3.05) is 0 Å². The smallest absolute Gasteiger partial charge is 0.0620 e. The first-order chi connectivity index (χ1) is 20.3. The van der Waals surface area contributed by atoms with Crippen molar-refractivity contribution < 1.29 is 19.4 Å². The summed E-state index contributed by atoms with van der Waals surface area (Å²) in [6.07, 6.45) is 0. The normalized spacial score (nSPS) is 10.0. The standard InChI is InChI=1S/2C18H15P.2BrH.Cd/c2*1-4-10-16(11-5-1)19(17-12-6-2-7-13-17)18-14-8-3-9-15-18;;;/h2*1-15H;2*1H;/q;;;;+2. The van der Waals surface area contributed by atoms with Gasteiger partial charge in [0.1, 0.15) is 31.8 Å². The maximum atomic E-state index is 3.27. The summed E-state index contributed by atoms with van der Waals surface area (Å²) in [4.78, 5) is 0. The summed E-state index contributed by atoms with van der Waals surface area (Å²) in [6, 6.07) is 65.0. The van der Waals surface area contributed by atoms with Gasteiger partial charge in [-0.1, -0.05) is 109 Å². The van der Waals surface area contributed by atoms with Crippen LogP contribution < -0.4 is 31.8 Å². The van der Waals surface area contributed by atoms with E-state index in [0.29, 0.717) is 0 Å². The average molecular weight is 799 g/mol. The number of rotatable bonds is 6. The van der Waals surface area contributed by atoms with E-state index < -0.39 is 15.8 Å². The van der Waals surface area contributed by atoms with E-state index in [1.54, 1.807) is 0 Å². The topological polar surface area (TPSA) is 0 Å². The first-order valence-corrected chi connectivity index (χ1v) is 34.6. The SMILES string of the molecule is [Br][Cd][Br].c1ccc([PH+](c2ccccc2)c2ccccc2)cc1.c1ccc([PH+](c2ccccc2)c2ccccc2)cc1. The molecule has 6 aromatic rings. The van der Waals surface area contributed by atoms with Crippen LogP contribution >= 0.6 is 39.8 Å². The molecule has 0 radical (unpaired) electrons. The number of benzene rings is 6. The van der Waals surface area contributed by atoms with Gasteiger partial charge in [0.25, 0.3) is 0 Å². The van der Waals surface area contributed by atoms with Crippen molar-refractivity contribution in [1.29, 1.82) is 0 Å². The maximum absolute atomic E-state index is 3.27. The zero-order valence-corrected chi connectivity index (χ0v) is 32.0. The van der Waals surface area contributed by atoms with Crippen molar-refractivity contribution in [2.24, 2.45) is 0 Å². The van der Waals surface area contributed by atoms with Crippen LogP contribution in [-0.2, 0) is 19.4 Å². The molecule has 0 N–H and O–H groups in total. The van der Waals surface area contributed by atoms with Crippen molar-refractivity contribution in [3.05, 3.63) is 182 Å². The van der Waals surface area contributed by atoms with Gasteiger partial charge >= 0.3 is 43.4 Å². The number of hydrogen-bond donors (Lipinski definition) is 0. The van der Waals surface area contributed by atoms with Crippen LogP contribution in [0.25, 0.3) is 0 Å². The van der Waals surface area contributed by atoms with Gasteiger partial charge in [-0.15, -0.1) is 0 Å².